The topological polar surface area (TPSA) is 31.2 Å². The molecule has 0 saturated heterocycles. The fraction of sp³-hybridized carbons (Fsp3) is 0.200. The summed E-state index contributed by atoms with van der Waals surface area (Å²) in [5, 5.41) is 8.18. The Kier molecular flexibility index (Phi) is 5.85. The summed E-state index contributed by atoms with van der Waals surface area (Å²) in [6, 6.07) is 16.6. The molecule has 0 unspecified atom stereocenters. The summed E-state index contributed by atoms with van der Waals surface area (Å²) in [6.07, 6.45) is 4.24. The van der Waals surface area contributed by atoms with Crippen molar-refractivity contribution in [3.05, 3.63) is 59.7 Å². The summed E-state index contributed by atoms with van der Waals surface area (Å²) in [4.78, 5) is 2.12. The van der Waals surface area contributed by atoms with Gasteiger partial charge in [-0.15, -0.1) is 0 Å². The Morgan fingerprint density at radius 2 is 2.00 bits per heavy atom. The summed E-state index contributed by atoms with van der Waals surface area (Å²) in [6.45, 7) is 2.84. The van der Waals surface area contributed by atoms with Gasteiger partial charge in [0.05, 0.1) is 0 Å². The highest BCUT2D eigenvalue weighted by molar-refractivity contribution is 7.80. The molecule has 0 atom stereocenters. The molecule has 0 spiro atoms. The summed E-state index contributed by atoms with van der Waals surface area (Å²) in [7, 11) is 4.15. The van der Waals surface area contributed by atoms with Gasteiger partial charge in [-0.1, -0.05) is 29.5 Å². The molecule has 0 amide bonds. The van der Waals surface area contributed by atoms with Crippen LogP contribution in [0.1, 0.15) is 11.9 Å². The Hall–Kier alpha value is -2.44. The van der Waals surface area contributed by atoms with Crippen molar-refractivity contribution in [2.24, 2.45) is 7.05 Å². The van der Waals surface area contributed by atoms with Gasteiger partial charge in [-0.25, -0.2) is 0 Å². The van der Waals surface area contributed by atoms with Crippen LogP contribution in [0.4, 0.5) is 11.4 Å². The van der Waals surface area contributed by atoms with Crippen LogP contribution < -0.4 is 20.1 Å². The number of thiazole rings is 1. The molecular formula is C20H23N4S2+. The smallest absolute Gasteiger partial charge is 0.263 e. The van der Waals surface area contributed by atoms with E-state index in [-0.39, 0.29) is 0 Å². The van der Waals surface area contributed by atoms with E-state index in [1.165, 1.54) is 15.2 Å². The summed E-state index contributed by atoms with van der Waals surface area (Å²) in [5.74, 6) is 0. The molecule has 1 heterocycles. The molecule has 2 aromatic carbocycles. The molecule has 4 nitrogen and oxygen atoms in total. The molecule has 3 aromatic rings. The molecule has 0 fully saturated rings. The number of para-hydroxylation sites is 1. The van der Waals surface area contributed by atoms with Crippen LogP contribution in [-0.4, -0.2) is 18.7 Å². The van der Waals surface area contributed by atoms with Crippen molar-refractivity contribution in [2.45, 2.75) is 6.92 Å². The Morgan fingerprint density at radius 1 is 1.23 bits per heavy atom. The molecule has 6 heteroatoms. The van der Waals surface area contributed by atoms with Crippen molar-refractivity contribution in [3.8, 4) is 0 Å². The maximum atomic E-state index is 5.26. The minimum Gasteiger partial charge on any atom is -0.363 e. The second-order valence-electron chi connectivity index (χ2n) is 5.93. The number of aromatic nitrogens is 1. The van der Waals surface area contributed by atoms with Crippen LogP contribution in [0, 0.1) is 0 Å². The van der Waals surface area contributed by atoms with E-state index in [1.54, 1.807) is 11.3 Å². The third kappa shape index (κ3) is 4.20. The Labute approximate surface area is 163 Å². The molecule has 0 aliphatic carbocycles. The molecule has 0 radical (unpaired) electrons. The van der Waals surface area contributed by atoms with Crippen LogP contribution in [0.3, 0.4) is 0 Å². The van der Waals surface area contributed by atoms with E-state index in [0.29, 0.717) is 5.11 Å². The Balaban J connectivity index is 1.82. The van der Waals surface area contributed by atoms with E-state index in [2.05, 4.69) is 76.8 Å². The molecule has 0 bridgehead atoms. The molecule has 0 aliphatic rings. The zero-order valence-electron chi connectivity index (χ0n) is 15.2. The maximum absolute atomic E-state index is 5.26. The maximum Gasteiger partial charge on any atom is 0.263 e. The van der Waals surface area contributed by atoms with Gasteiger partial charge < -0.3 is 15.5 Å². The number of hydrogen-bond donors (Lipinski definition) is 2. The SMILES string of the molecule is CCNC(=S)Nc1ccc2c(c1)sc(/C=C/N(C)c1ccccc1)[n+]2C. The van der Waals surface area contributed by atoms with Crippen molar-refractivity contribution >= 4 is 56.3 Å². The van der Waals surface area contributed by atoms with Crippen molar-refractivity contribution < 1.29 is 4.57 Å². The van der Waals surface area contributed by atoms with E-state index < -0.39 is 0 Å². The van der Waals surface area contributed by atoms with Gasteiger partial charge in [0, 0.05) is 43.3 Å². The summed E-state index contributed by atoms with van der Waals surface area (Å²) >= 11 is 7.03. The first kappa shape index (κ1) is 18.4. The summed E-state index contributed by atoms with van der Waals surface area (Å²) < 4.78 is 3.43. The molecule has 26 heavy (non-hydrogen) atoms. The van der Waals surface area contributed by atoms with Crippen LogP contribution in [0.25, 0.3) is 16.3 Å². The number of hydrogen-bond acceptors (Lipinski definition) is 3. The Bertz CT molecular complexity index is 932. The molecule has 1 aromatic heterocycles. The standard InChI is InChI=1S/C20H22N4S2/c1-4-21-20(25)22-15-10-11-17-18(14-15)26-19(24(17)3)12-13-23(2)16-8-6-5-7-9-16/h5-14H,4H2,1-3H3,(H-,21,22,25)/p+1. The zero-order chi connectivity index (χ0) is 18.5. The van der Waals surface area contributed by atoms with Gasteiger partial charge in [-0.05, 0) is 43.4 Å². The number of aryl methyl sites for hydroxylation is 1. The number of nitrogens with one attached hydrogen (secondary N) is 2. The van der Waals surface area contributed by atoms with Gasteiger partial charge in [0.1, 0.15) is 11.7 Å². The highest BCUT2D eigenvalue weighted by Crippen LogP contribution is 2.25. The first-order valence-corrected chi connectivity index (χ1v) is 9.74. The third-order valence-corrected chi connectivity index (χ3v) is 5.48. The monoisotopic (exact) mass is 383 g/mol. The van der Waals surface area contributed by atoms with E-state index in [1.807, 2.05) is 25.1 Å². The normalized spacial score (nSPS) is 11.0. The van der Waals surface area contributed by atoms with Crippen molar-refractivity contribution in [1.82, 2.24) is 5.32 Å². The van der Waals surface area contributed by atoms with Gasteiger partial charge in [0.25, 0.3) is 5.01 Å². The molecule has 3 rings (SSSR count). The Morgan fingerprint density at radius 3 is 2.73 bits per heavy atom. The van der Waals surface area contributed by atoms with Crippen LogP contribution in [0.2, 0.25) is 0 Å². The lowest BCUT2D eigenvalue weighted by Crippen LogP contribution is -2.29. The predicted octanol–water partition coefficient (Wildman–Crippen LogP) is 4.14. The quantitative estimate of drug-likeness (QED) is 0.512. The van der Waals surface area contributed by atoms with Crippen LogP contribution >= 0.6 is 23.6 Å². The van der Waals surface area contributed by atoms with E-state index in [4.69, 9.17) is 12.2 Å². The summed E-state index contributed by atoms with van der Waals surface area (Å²) in [5.41, 5.74) is 3.37. The first-order valence-electron chi connectivity index (χ1n) is 8.52. The molecular weight excluding hydrogens is 360 g/mol. The van der Waals surface area contributed by atoms with Gasteiger partial charge in [-0.3, -0.25) is 0 Å². The van der Waals surface area contributed by atoms with Crippen LogP contribution in [0.15, 0.2) is 54.7 Å². The fourth-order valence-corrected chi connectivity index (χ4v) is 4.00. The second-order valence-corrected chi connectivity index (χ2v) is 7.40. The van der Waals surface area contributed by atoms with Gasteiger partial charge in [0.15, 0.2) is 5.11 Å². The highest BCUT2D eigenvalue weighted by Gasteiger charge is 2.15. The van der Waals surface area contributed by atoms with Gasteiger partial charge in [-0.2, -0.15) is 4.57 Å². The number of nitrogens with zero attached hydrogens (tertiary/aromatic N) is 2. The minimum absolute atomic E-state index is 0.650. The van der Waals surface area contributed by atoms with Crippen molar-refractivity contribution in [1.29, 1.82) is 0 Å². The molecule has 134 valence electrons. The fourth-order valence-electron chi connectivity index (χ4n) is 2.66. The van der Waals surface area contributed by atoms with Gasteiger partial charge in [0.2, 0.25) is 5.52 Å². The third-order valence-electron chi connectivity index (χ3n) is 4.07. The zero-order valence-corrected chi connectivity index (χ0v) is 16.8. The number of rotatable bonds is 5. The number of thiocarbonyl (C=S) groups is 1. The highest BCUT2D eigenvalue weighted by atomic mass is 32.1. The lowest BCUT2D eigenvalue weighted by atomic mass is 10.3. The molecule has 0 saturated carbocycles. The number of anilines is 2. The number of benzene rings is 2. The number of fused-ring (bicyclic) bond motifs is 1. The minimum atomic E-state index is 0.650. The van der Waals surface area contributed by atoms with E-state index in [9.17, 15) is 0 Å². The average molecular weight is 384 g/mol. The van der Waals surface area contributed by atoms with Crippen LogP contribution in [-0.2, 0) is 7.05 Å². The van der Waals surface area contributed by atoms with Gasteiger partial charge >= 0.3 is 0 Å². The van der Waals surface area contributed by atoms with Crippen molar-refractivity contribution in [2.75, 3.05) is 23.8 Å². The molecule has 0 aliphatic heterocycles. The van der Waals surface area contributed by atoms with E-state index >= 15 is 0 Å². The van der Waals surface area contributed by atoms with Crippen molar-refractivity contribution in [3.63, 3.8) is 0 Å². The van der Waals surface area contributed by atoms with Crippen LogP contribution in [0.5, 0.6) is 0 Å². The van der Waals surface area contributed by atoms with E-state index in [0.717, 1.165) is 17.9 Å². The molecule has 2 N–H and O–H groups in total. The lowest BCUT2D eigenvalue weighted by Gasteiger charge is -2.12. The predicted molar refractivity (Wildman–Crippen MR) is 117 cm³/mol. The second kappa shape index (κ2) is 8.29. The largest absolute Gasteiger partial charge is 0.363 e. The first-order chi connectivity index (χ1) is 12.6. The average Bonchev–Trinajstić information content (AvgIpc) is 2.96. The lowest BCUT2D eigenvalue weighted by molar-refractivity contribution is -0.642.